The fourth-order valence-electron chi connectivity index (χ4n) is 2.59. The molecule has 1 saturated heterocycles. The van der Waals surface area contributed by atoms with Gasteiger partial charge in [-0.25, -0.2) is 12.7 Å². The van der Waals surface area contributed by atoms with Crippen LogP contribution in [0.15, 0.2) is 24.3 Å². The van der Waals surface area contributed by atoms with Crippen molar-refractivity contribution in [3.8, 4) is 5.75 Å². The van der Waals surface area contributed by atoms with Crippen molar-refractivity contribution in [2.45, 2.75) is 32.4 Å². The van der Waals surface area contributed by atoms with Gasteiger partial charge in [-0.3, -0.25) is 0 Å². The molecule has 0 amide bonds. The average Bonchev–Trinajstić information content (AvgIpc) is 2.46. The monoisotopic (exact) mass is 312 g/mol. The molecule has 0 radical (unpaired) electrons. The molecule has 0 saturated carbocycles. The fourth-order valence-corrected chi connectivity index (χ4v) is 3.47. The molecule has 1 heterocycles. The van der Waals surface area contributed by atoms with Crippen LogP contribution in [0.1, 0.15) is 25.3 Å². The van der Waals surface area contributed by atoms with Crippen LogP contribution in [-0.4, -0.2) is 44.7 Å². The van der Waals surface area contributed by atoms with Crippen molar-refractivity contribution in [1.82, 2.24) is 9.62 Å². The number of para-hydroxylation sites is 1. The van der Waals surface area contributed by atoms with Crippen molar-refractivity contribution >= 4 is 10.0 Å². The lowest BCUT2D eigenvalue weighted by atomic mass is 10.1. The Balaban J connectivity index is 1.85. The molecule has 0 spiro atoms. The quantitative estimate of drug-likeness (QED) is 0.867. The maximum Gasteiger partial charge on any atom is 0.211 e. The van der Waals surface area contributed by atoms with Gasteiger partial charge in [-0.1, -0.05) is 18.2 Å². The number of sulfonamides is 1. The summed E-state index contributed by atoms with van der Waals surface area (Å²) < 4.78 is 30.1. The van der Waals surface area contributed by atoms with E-state index in [1.165, 1.54) is 6.26 Å². The van der Waals surface area contributed by atoms with Gasteiger partial charge in [0.15, 0.2) is 0 Å². The van der Waals surface area contributed by atoms with Gasteiger partial charge in [0, 0.05) is 31.2 Å². The van der Waals surface area contributed by atoms with E-state index in [0.29, 0.717) is 25.7 Å². The number of benzene rings is 1. The molecule has 1 aromatic carbocycles. The third-order valence-corrected chi connectivity index (χ3v) is 5.08. The molecule has 0 aliphatic carbocycles. The minimum absolute atomic E-state index is 0.359. The maximum atomic E-state index is 11.5. The summed E-state index contributed by atoms with van der Waals surface area (Å²) in [5.74, 6) is 0.918. The maximum absolute atomic E-state index is 11.5. The highest BCUT2D eigenvalue weighted by Gasteiger charge is 2.24. The standard InChI is InChI=1S/C15H24N2O3S/c1-3-20-15-7-5-4-6-13(15)12-16-14-8-10-17(11-9-14)21(2,18)19/h4-7,14,16H,3,8-12H2,1-2H3. The second-order valence-electron chi connectivity index (χ2n) is 5.36. The zero-order chi connectivity index (χ0) is 15.3. The Hall–Kier alpha value is -1.11. The number of ether oxygens (including phenoxy) is 1. The Morgan fingerprint density at radius 1 is 1.29 bits per heavy atom. The Morgan fingerprint density at radius 2 is 1.95 bits per heavy atom. The first-order valence-corrected chi connectivity index (χ1v) is 9.24. The van der Waals surface area contributed by atoms with Gasteiger partial charge in [-0.05, 0) is 25.8 Å². The molecule has 1 aliphatic rings. The first-order chi connectivity index (χ1) is 10.0. The SMILES string of the molecule is CCOc1ccccc1CNC1CCN(S(C)(=O)=O)CC1. The minimum atomic E-state index is -3.04. The van der Waals surface area contributed by atoms with Crippen LogP contribution < -0.4 is 10.1 Å². The molecule has 21 heavy (non-hydrogen) atoms. The normalized spacial score (nSPS) is 17.8. The number of rotatable bonds is 6. The van der Waals surface area contributed by atoms with E-state index in [1.54, 1.807) is 4.31 Å². The zero-order valence-corrected chi connectivity index (χ0v) is 13.5. The molecule has 0 aromatic heterocycles. The number of nitrogens with one attached hydrogen (secondary N) is 1. The van der Waals surface area contributed by atoms with Crippen molar-refractivity contribution in [2.75, 3.05) is 26.0 Å². The molecule has 0 bridgehead atoms. The average molecular weight is 312 g/mol. The summed E-state index contributed by atoms with van der Waals surface area (Å²) in [6, 6.07) is 8.37. The topological polar surface area (TPSA) is 58.6 Å². The number of hydrogen-bond acceptors (Lipinski definition) is 4. The lowest BCUT2D eigenvalue weighted by Crippen LogP contribution is -2.44. The highest BCUT2D eigenvalue weighted by molar-refractivity contribution is 7.88. The van der Waals surface area contributed by atoms with Crippen LogP contribution in [0.4, 0.5) is 0 Å². The predicted molar refractivity (Wildman–Crippen MR) is 83.9 cm³/mol. The number of piperidine rings is 1. The summed E-state index contributed by atoms with van der Waals surface area (Å²) in [5.41, 5.74) is 1.14. The van der Waals surface area contributed by atoms with Crippen LogP contribution >= 0.6 is 0 Å². The van der Waals surface area contributed by atoms with Crippen molar-refractivity contribution in [3.05, 3.63) is 29.8 Å². The van der Waals surface area contributed by atoms with Crippen molar-refractivity contribution < 1.29 is 13.2 Å². The predicted octanol–water partition coefficient (Wildman–Crippen LogP) is 1.60. The lowest BCUT2D eigenvalue weighted by molar-refractivity contribution is 0.287. The van der Waals surface area contributed by atoms with Crippen molar-refractivity contribution in [3.63, 3.8) is 0 Å². The van der Waals surface area contributed by atoms with E-state index in [1.807, 2.05) is 25.1 Å². The molecular weight excluding hydrogens is 288 g/mol. The van der Waals surface area contributed by atoms with Gasteiger partial charge in [-0.15, -0.1) is 0 Å². The van der Waals surface area contributed by atoms with E-state index < -0.39 is 10.0 Å². The number of nitrogens with zero attached hydrogens (tertiary/aromatic N) is 1. The van der Waals surface area contributed by atoms with Gasteiger partial charge in [0.2, 0.25) is 10.0 Å². The van der Waals surface area contributed by atoms with E-state index in [9.17, 15) is 8.42 Å². The lowest BCUT2D eigenvalue weighted by Gasteiger charge is -2.30. The van der Waals surface area contributed by atoms with E-state index in [2.05, 4.69) is 11.4 Å². The Kier molecular flexibility index (Phi) is 5.61. The van der Waals surface area contributed by atoms with Gasteiger partial charge in [0.25, 0.3) is 0 Å². The van der Waals surface area contributed by atoms with E-state index >= 15 is 0 Å². The van der Waals surface area contributed by atoms with E-state index in [-0.39, 0.29) is 0 Å². The highest BCUT2D eigenvalue weighted by atomic mass is 32.2. The molecule has 1 N–H and O–H groups in total. The van der Waals surface area contributed by atoms with Crippen molar-refractivity contribution in [2.24, 2.45) is 0 Å². The fraction of sp³-hybridized carbons (Fsp3) is 0.600. The summed E-state index contributed by atoms with van der Waals surface area (Å²) >= 11 is 0. The largest absolute Gasteiger partial charge is 0.494 e. The van der Waals surface area contributed by atoms with Gasteiger partial charge >= 0.3 is 0 Å². The Labute approximate surface area is 127 Å². The molecule has 1 aromatic rings. The zero-order valence-electron chi connectivity index (χ0n) is 12.7. The Bertz CT molecular complexity index is 552. The third-order valence-electron chi connectivity index (χ3n) is 3.78. The van der Waals surface area contributed by atoms with Crippen LogP contribution in [0.3, 0.4) is 0 Å². The smallest absolute Gasteiger partial charge is 0.211 e. The second kappa shape index (κ2) is 7.24. The van der Waals surface area contributed by atoms with Gasteiger partial charge < -0.3 is 10.1 Å². The van der Waals surface area contributed by atoms with Crippen LogP contribution in [0, 0.1) is 0 Å². The molecule has 5 nitrogen and oxygen atoms in total. The van der Waals surface area contributed by atoms with Crippen molar-refractivity contribution in [1.29, 1.82) is 0 Å². The summed E-state index contributed by atoms with van der Waals surface area (Å²) in [7, 11) is -3.04. The van der Waals surface area contributed by atoms with Crippen LogP contribution in [0.2, 0.25) is 0 Å². The summed E-state index contributed by atoms with van der Waals surface area (Å²) in [6.45, 7) is 4.59. The molecule has 1 fully saturated rings. The molecular formula is C15H24N2O3S. The summed E-state index contributed by atoms with van der Waals surface area (Å²) in [6.07, 6.45) is 2.98. The third kappa shape index (κ3) is 4.69. The first kappa shape index (κ1) is 16.3. The molecule has 1 aliphatic heterocycles. The first-order valence-electron chi connectivity index (χ1n) is 7.40. The summed E-state index contributed by atoms with van der Waals surface area (Å²) in [5, 5.41) is 3.51. The highest BCUT2D eigenvalue weighted by Crippen LogP contribution is 2.19. The van der Waals surface area contributed by atoms with Crippen LogP contribution in [0.25, 0.3) is 0 Å². The summed E-state index contributed by atoms with van der Waals surface area (Å²) in [4.78, 5) is 0. The molecule has 0 unspecified atom stereocenters. The molecule has 2 rings (SSSR count). The van der Waals surface area contributed by atoms with Crippen LogP contribution in [0.5, 0.6) is 5.75 Å². The van der Waals surface area contributed by atoms with Crippen LogP contribution in [-0.2, 0) is 16.6 Å². The van der Waals surface area contributed by atoms with Gasteiger partial charge in [0.1, 0.15) is 5.75 Å². The minimum Gasteiger partial charge on any atom is -0.494 e. The van der Waals surface area contributed by atoms with E-state index in [0.717, 1.165) is 30.7 Å². The molecule has 6 heteroatoms. The second-order valence-corrected chi connectivity index (χ2v) is 7.34. The Morgan fingerprint density at radius 3 is 2.57 bits per heavy atom. The molecule has 0 atom stereocenters. The molecule has 118 valence electrons. The van der Waals surface area contributed by atoms with E-state index in [4.69, 9.17) is 4.74 Å². The number of hydrogen-bond donors (Lipinski definition) is 1. The van der Waals surface area contributed by atoms with Gasteiger partial charge in [-0.2, -0.15) is 0 Å². The van der Waals surface area contributed by atoms with Gasteiger partial charge in [0.05, 0.1) is 12.9 Å².